The van der Waals surface area contributed by atoms with Crippen LogP contribution in [0.15, 0.2) is 6.20 Å². The van der Waals surface area contributed by atoms with Gasteiger partial charge >= 0.3 is 5.97 Å². The van der Waals surface area contributed by atoms with Gasteiger partial charge in [-0.15, -0.1) is 11.3 Å². The van der Waals surface area contributed by atoms with E-state index in [1.54, 1.807) is 0 Å². The van der Waals surface area contributed by atoms with E-state index >= 15 is 0 Å². The number of rotatable bonds is 3. The molecule has 0 amide bonds. The molecule has 1 unspecified atom stereocenters. The van der Waals surface area contributed by atoms with Gasteiger partial charge in [0, 0.05) is 12.5 Å². The zero-order valence-electron chi connectivity index (χ0n) is 9.35. The van der Waals surface area contributed by atoms with Gasteiger partial charge in [-0.25, -0.2) is 9.78 Å². The number of likely N-dealkylation sites (tertiary alicyclic amines) is 1. The molecule has 2 heterocycles. The van der Waals surface area contributed by atoms with Gasteiger partial charge in [-0.2, -0.15) is 0 Å². The fourth-order valence-electron chi connectivity index (χ4n) is 2.11. The summed E-state index contributed by atoms with van der Waals surface area (Å²) in [7, 11) is 2.13. The number of hydrogen-bond acceptors (Lipinski definition) is 4. The molecule has 0 aromatic carbocycles. The molecule has 1 fully saturated rings. The molecule has 0 radical (unpaired) electrons. The predicted molar refractivity (Wildman–Crippen MR) is 63.0 cm³/mol. The third-order valence-corrected chi connectivity index (χ3v) is 4.10. The third kappa shape index (κ3) is 2.59. The standard InChI is InChI=1S/C11H16N2O2S/c1-13-5-3-2-4-8(13)6-10-12-7-9(16-10)11(14)15/h7-8H,2-6H2,1H3,(H,14,15). The van der Waals surface area contributed by atoms with Crippen molar-refractivity contribution in [2.45, 2.75) is 31.7 Å². The molecule has 4 nitrogen and oxygen atoms in total. The molecular weight excluding hydrogens is 224 g/mol. The molecule has 1 aromatic heterocycles. The number of carboxylic acids is 1. The number of aromatic carboxylic acids is 1. The summed E-state index contributed by atoms with van der Waals surface area (Å²) >= 11 is 1.30. The number of nitrogens with zero attached hydrogens (tertiary/aromatic N) is 2. The maximum Gasteiger partial charge on any atom is 0.347 e. The number of likely N-dealkylation sites (N-methyl/N-ethyl adjacent to an activating group) is 1. The summed E-state index contributed by atoms with van der Waals surface area (Å²) in [6.45, 7) is 1.14. The minimum absolute atomic E-state index is 0.341. The van der Waals surface area contributed by atoms with Gasteiger partial charge in [-0.05, 0) is 26.4 Å². The van der Waals surface area contributed by atoms with E-state index in [0.29, 0.717) is 10.9 Å². The van der Waals surface area contributed by atoms with Crippen LogP contribution in [-0.4, -0.2) is 40.6 Å². The highest BCUT2D eigenvalue weighted by molar-refractivity contribution is 7.13. The van der Waals surface area contributed by atoms with Crippen molar-refractivity contribution in [3.63, 3.8) is 0 Å². The van der Waals surface area contributed by atoms with Crippen molar-refractivity contribution >= 4 is 17.3 Å². The lowest BCUT2D eigenvalue weighted by Gasteiger charge is -2.31. The first-order valence-corrected chi connectivity index (χ1v) is 6.36. The highest BCUT2D eigenvalue weighted by Gasteiger charge is 2.20. The average Bonchev–Trinajstić information content (AvgIpc) is 2.70. The molecule has 1 aliphatic heterocycles. The number of piperidine rings is 1. The maximum atomic E-state index is 10.7. The molecular formula is C11H16N2O2S. The van der Waals surface area contributed by atoms with E-state index in [1.807, 2.05) is 0 Å². The van der Waals surface area contributed by atoms with Crippen LogP contribution in [0.5, 0.6) is 0 Å². The lowest BCUT2D eigenvalue weighted by atomic mass is 10.0. The second-order valence-corrected chi connectivity index (χ2v) is 5.37. The SMILES string of the molecule is CN1CCCCC1Cc1ncc(C(=O)O)s1. The van der Waals surface area contributed by atoms with Crippen LogP contribution in [-0.2, 0) is 6.42 Å². The van der Waals surface area contributed by atoms with Crippen LogP contribution in [0.3, 0.4) is 0 Å². The fourth-order valence-corrected chi connectivity index (χ4v) is 2.93. The molecule has 88 valence electrons. The van der Waals surface area contributed by atoms with Gasteiger partial charge in [0.15, 0.2) is 0 Å². The zero-order valence-corrected chi connectivity index (χ0v) is 10.2. The van der Waals surface area contributed by atoms with E-state index in [9.17, 15) is 4.79 Å². The van der Waals surface area contributed by atoms with Crippen molar-refractivity contribution in [3.05, 3.63) is 16.1 Å². The normalized spacial score (nSPS) is 22.2. The Morgan fingerprint density at radius 2 is 2.50 bits per heavy atom. The molecule has 1 N–H and O–H groups in total. The predicted octanol–water partition coefficient (Wildman–Crippen LogP) is 1.87. The Bertz CT molecular complexity index is 378. The second kappa shape index (κ2) is 4.93. The van der Waals surface area contributed by atoms with E-state index < -0.39 is 5.97 Å². The molecule has 5 heteroatoms. The third-order valence-electron chi connectivity index (χ3n) is 3.10. The van der Waals surface area contributed by atoms with Crippen LogP contribution < -0.4 is 0 Å². The first-order valence-electron chi connectivity index (χ1n) is 5.55. The van der Waals surface area contributed by atoms with E-state index in [-0.39, 0.29) is 0 Å². The van der Waals surface area contributed by atoms with Gasteiger partial charge < -0.3 is 10.0 Å². The number of aromatic nitrogens is 1. The van der Waals surface area contributed by atoms with Crippen molar-refractivity contribution in [2.24, 2.45) is 0 Å². The molecule has 1 aliphatic rings. The van der Waals surface area contributed by atoms with Gasteiger partial charge in [0.1, 0.15) is 4.88 Å². The second-order valence-electron chi connectivity index (χ2n) is 4.26. The number of carboxylic acid groups (broad SMARTS) is 1. The maximum absolute atomic E-state index is 10.7. The quantitative estimate of drug-likeness (QED) is 0.876. The Hall–Kier alpha value is -0.940. The molecule has 0 saturated carbocycles. The fraction of sp³-hybridized carbons (Fsp3) is 0.636. The molecule has 16 heavy (non-hydrogen) atoms. The molecule has 0 aliphatic carbocycles. The summed E-state index contributed by atoms with van der Waals surface area (Å²) in [5.74, 6) is -0.874. The first-order chi connectivity index (χ1) is 7.66. The summed E-state index contributed by atoms with van der Waals surface area (Å²) < 4.78 is 0. The topological polar surface area (TPSA) is 53.4 Å². The Labute approximate surface area is 98.9 Å². The van der Waals surface area contributed by atoms with Crippen LogP contribution in [0, 0.1) is 0 Å². The van der Waals surface area contributed by atoms with Gasteiger partial charge in [0.05, 0.1) is 11.2 Å². The average molecular weight is 240 g/mol. The van der Waals surface area contributed by atoms with Crippen LogP contribution >= 0.6 is 11.3 Å². The molecule has 2 rings (SSSR count). The van der Waals surface area contributed by atoms with Crippen molar-refractivity contribution in [1.82, 2.24) is 9.88 Å². The molecule has 1 atom stereocenters. The molecule has 1 saturated heterocycles. The molecule has 0 spiro atoms. The van der Waals surface area contributed by atoms with Gasteiger partial charge in [0.2, 0.25) is 0 Å². The summed E-state index contributed by atoms with van der Waals surface area (Å²) in [5.41, 5.74) is 0. The minimum atomic E-state index is -0.874. The monoisotopic (exact) mass is 240 g/mol. The summed E-state index contributed by atoms with van der Waals surface area (Å²) in [6, 6.07) is 0.529. The minimum Gasteiger partial charge on any atom is -0.477 e. The Morgan fingerprint density at radius 1 is 1.69 bits per heavy atom. The molecule has 1 aromatic rings. The van der Waals surface area contributed by atoms with Crippen LogP contribution in [0.4, 0.5) is 0 Å². The first kappa shape index (κ1) is 11.5. The van der Waals surface area contributed by atoms with E-state index in [1.165, 1.54) is 36.8 Å². The highest BCUT2D eigenvalue weighted by atomic mass is 32.1. The van der Waals surface area contributed by atoms with Crippen LogP contribution in [0.25, 0.3) is 0 Å². The van der Waals surface area contributed by atoms with Gasteiger partial charge in [0.25, 0.3) is 0 Å². The smallest absolute Gasteiger partial charge is 0.347 e. The number of thiazole rings is 1. The van der Waals surface area contributed by atoms with Crippen LogP contribution in [0.2, 0.25) is 0 Å². The zero-order chi connectivity index (χ0) is 11.5. The van der Waals surface area contributed by atoms with E-state index in [2.05, 4.69) is 16.9 Å². The van der Waals surface area contributed by atoms with E-state index in [4.69, 9.17) is 5.11 Å². The van der Waals surface area contributed by atoms with Crippen LogP contribution in [0.1, 0.15) is 33.9 Å². The summed E-state index contributed by atoms with van der Waals surface area (Å²) in [4.78, 5) is 17.6. The Balaban J connectivity index is 1.99. The summed E-state index contributed by atoms with van der Waals surface area (Å²) in [6.07, 6.45) is 6.08. The number of carbonyl (C=O) groups is 1. The molecule has 0 bridgehead atoms. The van der Waals surface area contributed by atoms with Gasteiger partial charge in [-0.1, -0.05) is 6.42 Å². The lowest BCUT2D eigenvalue weighted by Crippen LogP contribution is -2.37. The largest absolute Gasteiger partial charge is 0.477 e. The van der Waals surface area contributed by atoms with Crippen molar-refractivity contribution in [2.75, 3.05) is 13.6 Å². The van der Waals surface area contributed by atoms with Crippen molar-refractivity contribution < 1.29 is 9.90 Å². The van der Waals surface area contributed by atoms with E-state index in [0.717, 1.165) is 18.0 Å². The highest BCUT2D eigenvalue weighted by Crippen LogP contribution is 2.21. The van der Waals surface area contributed by atoms with Gasteiger partial charge in [-0.3, -0.25) is 0 Å². The van der Waals surface area contributed by atoms with Crippen molar-refractivity contribution in [1.29, 1.82) is 0 Å². The Morgan fingerprint density at radius 3 is 3.12 bits per heavy atom. The Kier molecular flexibility index (Phi) is 3.56. The van der Waals surface area contributed by atoms with Crippen molar-refractivity contribution in [3.8, 4) is 0 Å². The number of hydrogen-bond donors (Lipinski definition) is 1. The lowest BCUT2D eigenvalue weighted by molar-refractivity contribution is 0.0702. The summed E-state index contributed by atoms with van der Waals surface area (Å²) in [5, 5.41) is 9.76.